The topological polar surface area (TPSA) is 55.1 Å². The van der Waals surface area contributed by atoms with E-state index in [0.29, 0.717) is 11.3 Å². The summed E-state index contributed by atoms with van der Waals surface area (Å²) in [6.07, 6.45) is 0. The van der Waals surface area contributed by atoms with Gasteiger partial charge in [0.1, 0.15) is 5.82 Å². The van der Waals surface area contributed by atoms with E-state index in [2.05, 4.69) is 21.2 Å². The second-order valence-corrected chi connectivity index (χ2v) is 5.01. The van der Waals surface area contributed by atoms with Gasteiger partial charge in [-0.25, -0.2) is 4.39 Å². The molecule has 0 atom stereocenters. The monoisotopic (exact) mass is 322 g/mol. The third-order valence-corrected chi connectivity index (χ3v) is 3.54. The molecule has 0 bridgehead atoms. The molecule has 0 saturated heterocycles. The second kappa shape index (κ2) is 5.40. The van der Waals surface area contributed by atoms with Crippen molar-refractivity contribution in [2.75, 3.05) is 11.1 Å². The summed E-state index contributed by atoms with van der Waals surface area (Å²) in [4.78, 5) is 12.0. The largest absolute Gasteiger partial charge is 0.396 e. The van der Waals surface area contributed by atoms with Crippen LogP contribution in [0.1, 0.15) is 15.9 Å². The zero-order valence-corrected chi connectivity index (χ0v) is 11.8. The summed E-state index contributed by atoms with van der Waals surface area (Å²) in [5, 5.41) is 2.67. The van der Waals surface area contributed by atoms with Crippen LogP contribution in [-0.4, -0.2) is 5.91 Å². The van der Waals surface area contributed by atoms with Crippen molar-refractivity contribution in [1.29, 1.82) is 0 Å². The van der Waals surface area contributed by atoms with E-state index in [0.717, 1.165) is 10.0 Å². The van der Waals surface area contributed by atoms with Gasteiger partial charge in [-0.1, -0.05) is 22.0 Å². The van der Waals surface area contributed by atoms with Gasteiger partial charge >= 0.3 is 0 Å². The highest BCUT2D eigenvalue weighted by atomic mass is 79.9. The average molecular weight is 323 g/mol. The fourth-order valence-corrected chi connectivity index (χ4v) is 1.94. The summed E-state index contributed by atoms with van der Waals surface area (Å²) in [6.45, 7) is 1.94. The van der Waals surface area contributed by atoms with Crippen molar-refractivity contribution in [3.8, 4) is 0 Å². The molecule has 3 N–H and O–H groups in total. The normalized spacial score (nSPS) is 10.3. The Kier molecular flexibility index (Phi) is 3.85. The zero-order chi connectivity index (χ0) is 14.0. The van der Waals surface area contributed by atoms with Crippen LogP contribution in [0.15, 0.2) is 40.9 Å². The van der Waals surface area contributed by atoms with Gasteiger partial charge in [0.05, 0.1) is 5.69 Å². The van der Waals surface area contributed by atoms with Crippen molar-refractivity contribution in [3.63, 3.8) is 0 Å². The van der Waals surface area contributed by atoms with E-state index in [-0.39, 0.29) is 11.6 Å². The first-order valence-corrected chi connectivity index (χ1v) is 6.39. The lowest BCUT2D eigenvalue weighted by molar-refractivity contribution is 0.102. The second-order valence-electron chi connectivity index (χ2n) is 4.15. The highest BCUT2D eigenvalue weighted by molar-refractivity contribution is 9.10. The van der Waals surface area contributed by atoms with E-state index in [1.54, 1.807) is 12.1 Å². The molecule has 0 spiro atoms. The van der Waals surface area contributed by atoms with Gasteiger partial charge in [-0.3, -0.25) is 4.79 Å². The van der Waals surface area contributed by atoms with Crippen LogP contribution in [0.25, 0.3) is 0 Å². The third-order valence-electron chi connectivity index (χ3n) is 2.69. The molecule has 0 radical (unpaired) electrons. The molecule has 1 amide bonds. The molecule has 0 fully saturated rings. The number of hydrogen-bond donors (Lipinski definition) is 2. The molecule has 3 nitrogen and oxygen atoms in total. The Bertz CT molecular complexity index is 643. The quantitative estimate of drug-likeness (QED) is 0.828. The molecule has 5 heteroatoms. The van der Waals surface area contributed by atoms with Crippen LogP contribution in [0.3, 0.4) is 0 Å². The van der Waals surface area contributed by atoms with Gasteiger partial charge in [-0.2, -0.15) is 0 Å². The molecule has 0 aromatic heterocycles. The van der Waals surface area contributed by atoms with Gasteiger partial charge in [-0.05, 0) is 42.8 Å². The summed E-state index contributed by atoms with van der Waals surface area (Å²) in [6, 6.07) is 9.37. The van der Waals surface area contributed by atoms with Crippen molar-refractivity contribution >= 4 is 33.2 Å². The molecule has 0 heterocycles. The lowest BCUT2D eigenvalue weighted by Crippen LogP contribution is -2.12. The Morgan fingerprint density at radius 3 is 2.63 bits per heavy atom. The molecule has 98 valence electrons. The minimum absolute atomic E-state index is 0.00267. The van der Waals surface area contributed by atoms with Crippen LogP contribution in [0.2, 0.25) is 0 Å². The van der Waals surface area contributed by atoms with Crippen molar-refractivity contribution < 1.29 is 9.18 Å². The molecule has 0 aliphatic heterocycles. The average Bonchev–Trinajstić information content (AvgIpc) is 2.37. The number of aryl methyl sites for hydroxylation is 1. The summed E-state index contributed by atoms with van der Waals surface area (Å²) in [5.41, 5.74) is 7.47. The number of carbonyl (C=O) groups excluding carboxylic acids is 1. The van der Waals surface area contributed by atoms with Gasteiger partial charge in [0, 0.05) is 15.7 Å². The highest BCUT2D eigenvalue weighted by Crippen LogP contribution is 2.20. The van der Waals surface area contributed by atoms with Gasteiger partial charge in [0.25, 0.3) is 5.91 Å². The molecule has 2 aromatic carbocycles. The van der Waals surface area contributed by atoms with E-state index in [1.807, 2.05) is 13.0 Å². The maximum atomic E-state index is 13.0. The Morgan fingerprint density at radius 1 is 1.26 bits per heavy atom. The molecule has 0 aliphatic rings. The maximum Gasteiger partial charge on any atom is 0.255 e. The SMILES string of the molecule is Cc1ccc(C(=O)Nc2ccc(F)c(N)c2)cc1Br. The van der Waals surface area contributed by atoms with Crippen LogP contribution < -0.4 is 11.1 Å². The van der Waals surface area contributed by atoms with Crippen LogP contribution in [0, 0.1) is 12.7 Å². The molecule has 0 saturated carbocycles. The van der Waals surface area contributed by atoms with Crippen molar-refractivity contribution in [1.82, 2.24) is 0 Å². The number of nitrogen functional groups attached to an aromatic ring is 1. The van der Waals surface area contributed by atoms with E-state index in [9.17, 15) is 9.18 Å². The van der Waals surface area contributed by atoms with E-state index in [4.69, 9.17) is 5.73 Å². The molecule has 0 aliphatic carbocycles. The number of anilines is 2. The van der Waals surface area contributed by atoms with Crippen LogP contribution in [0.5, 0.6) is 0 Å². The van der Waals surface area contributed by atoms with E-state index in [1.165, 1.54) is 18.2 Å². The van der Waals surface area contributed by atoms with Crippen LogP contribution in [0.4, 0.5) is 15.8 Å². The summed E-state index contributed by atoms with van der Waals surface area (Å²) < 4.78 is 13.9. The fraction of sp³-hybridized carbons (Fsp3) is 0.0714. The van der Waals surface area contributed by atoms with Crippen molar-refractivity contribution in [2.45, 2.75) is 6.92 Å². The molecular formula is C14H12BrFN2O. The first kappa shape index (κ1) is 13.5. The first-order chi connectivity index (χ1) is 8.97. The molecular weight excluding hydrogens is 311 g/mol. The molecule has 0 unspecified atom stereocenters. The standard InChI is InChI=1S/C14H12BrFN2O/c1-8-2-3-9(6-11(8)15)14(19)18-10-4-5-12(16)13(17)7-10/h2-7H,17H2,1H3,(H,18,19). The van der Waals surface area contributed by atoms with Gasteiger partial charge in [-0.15, -0.1) is 0 Å². The summed E-state index contributed by atoms with van der Waals surface area (Å²) >= 11 is 3.37. The predicted molar refractivity (Wildman–Crippen MR) is 77.6 cm³/mol. The number of benzene rings is 2. The number of carbonyl (C=O) groups is 1. The van der Waals surface area contributed by atoms with E-state index < -0.39 is 5.82 Å². The summed E-state index contributed by atoms with van der Waals surface area (Å²) in [7, 11) is 0. The third kappa shape index (κ3) is 3.12. The lowest BCUT2D eigenvalue weighted by atomic mass is 10.1. The number of nitrogens with two attached hydrogens (primary N) is 1. The fourth-order valence-electron chi connectivity index (χ4n) is 1.56. The number of nitrogens with one attached hydrogen (secondary N) is 1. The molecule has 19 heavy (non-hydrogen) atoms. The van der Waals surface area contributed by atoms with Gasteiger partial charge in [0.2, 0.25) is 0 Å². The Balaban J connectivity index is 2.20. The number of halogens is 2. The Morgan fingerprint density at radius 2 is 2.00 bits per heavy atom. The van der Waals surface area contributed by atoms with Crippen molar-refractivity contribution in [2.24, 2.45) is 0 Å². The lowest BCUT2D eigenvalue weighted by Gasteiger charge is -2.07. The van der Waals surface area contributed by atoms with Crippen molar-refractivity contribution in [3.05, 3.63) is 57.8 Å². The zero-order valence-electron chi connectivity index (χ0n) is 10.2. The molecule has 2 aromatic rings. The van der Waals surface area contributed by atoms with Gasteiger partial charge in [0.15, 0.2) is 0 Å². The Labute approximate surface area is 118 Å². The smallest absolute Gasteiger partial charge is 0.255 e. The minimum atomic E-state index is -0.504. The van der Waals surface area contributed by atoms with Crippen LogP contribution >= 0.6 is 15.9 Å². The van der Waals surface area contributed by atoms with E-state index >= 15 is 0 Å². The highest BCUT2D eigenvalue weighted by Gasteiger charge is 2.08. The van der Waals surface area contributed by atoms with Gasteiger partial charge < -0.3 is 11.1 Å². The number of rotatable bonds is 2. The Hall–Kier alpha value is -1.88. The number of hydrogen-bond acceptors (Lipinski definition) is 2. The number of amides is 1. The minimum Gasteiger partial charge on any atom is -0.396 e. The predicted octanol–water partition coefficient (Wildman–Crippen LogP) is 3.73. The maximum absolute atomic E-state index is 13.0. The molecule has 2 rings (SSSR count). The summed E-state index contributed by atoms with van der Waals surface area (Å²) in [5.74, 6) is -0.775. The van der Waals surface area contributed by atoms with Crippen LogP contribution in [-0.2, 0) is 0 Å². The first-order valence-electron chi connectivity index (χ1n) is 5.60.